The van der Waals surface area contributed by atoms with Gasteiger partial charge in [0.05, 0.1) is 14.2 Å². The summed E-state index contributed by atoms with van der Waals surface area (Å²) >= 11 is 0. The normalized spacial score (nSPS) is 14.1. The summed E-state index contributed by atoms with van der Waals surface area (Å²) in [5.41, 5.74) is 1.24. The van der Waals surface area contributed by atoms with Crippen LogP contribution in [0.5, 0.6) is 11.5 Å². The molecular formula is C15H25NO2. The van der Waals surface area contributed by atoms with Crippen LogP contribution in [0.2, 0.25) is 0 Å². The SMILES string of the molecule is CCNCC(C)C(C)c1ccc(OC)cc1OC. The van der Waals surface area contributed by atoms with E-state index in [0.29, 0.717) is 11.8 Å². The molecule has 0 aromatic heterocycles. The molecule has 2 atom stereocenters. The molecule has 0 bridgehead atoms. The maximum atomic E-state index is 5.46. The van der Waals surface area contributed by atoms with Crippen LogP contribution in [0.1, 0.15) is 32.3 Å². The first-order valence-electron chi connectivity index (χ1n) is 6.56. The van der Waals surface area contributed by atoms with E-state index in [-0.39, 0.29) is 0 Å². The highest BCUT2D eigenvalue weighted by atomic mass is 16.5. The first kappa shape index (κ1) is 14.8. The lowest BCUT2D eigenvalue weighted by Gasteiger charge is -2.23. The summed E-state index contributed by atoms with van der Waals surface area (Å²) in [6, 6.07) is 6.05. The van der Waals surface area contributed by atoms with E-state index in [4.69, 9.17) is 9.47 Å². The maximum Gasteiger partial charge on any atom is 0.126 e. The van der Waals surface area contributed by atoms with Crippen molar-refractivity contribution in [2.45, 2.75) is 26.7 Å². The minimum absolute atomic E-state index is 0.449. The minimum atomic E-state index is 0.449. The Kier molecular flexibility index (Phi) is 5.99. The zero-order chi connectivity index (χ0) is 13.5. The van der Waals surface area contributed by atoms with Gasteiger partial charge in [-0.15, -0.1) is 0 Å². The fourth-order valence-electron chi connectivity index (χ4n) is 2.05. The number of rotatable bonds is 7. The number of benzene rings is 1. The molecule has 0 spiro atoms. The fourth-order valence-corrected chi connectivity index (χ4v) is 2.05. The summed E-state index contributed by atoms with van der Waals surface area (Å²) in [4.78, 5) is 0. The lowest BCUT2D eigenvalue weighted by atomic mass is 9.88. The van der Waals surface area contributed by atoms with Gasteiger partial charge in [-0.3, -0.25) is 0 Å². The summed E-state index contributed by atoms with van der Waals surface area (Å²) < 4.78 is 10.7. The van der Waals surface area contributed by atoms with Gasteiger partial charge in [0.25, 0.3) is 0 Å². The van der Waals surface area contributed by atoms with Gasteiger partial charge >= 0.3 is 0 Å². The van der Waals surface area contributed by atoms with E-state index in [1.54, 1.807) is 14.2 Å². The highest BCUT2D eigenvalue weighted by Gasteiger charge is 2.18. The van der Waals surface area contributed by atoms with E-state index in [0.717, 1.165) is 24.6 Å². The second kappa shape index (κ2) is 7.27. The van der Waals surface area contributed by atoms with Crippen molar-refractivity contribution in [3.8, 4) is 11.5 Å². The first-order chi connectivity index (χ1) is 8.63. The van der Waals surface area contributed by atoms with E-state index >= 15 is 0 Å². The van der Waals surface area contributed by atoms with Gasteiger partial charge in [0.2, 0.25) is 0 Å². The standard InChI is InChI=1S/C15H25NO2/c1-6-16-10-11(2)12(3)14-8-7-13(17-4)9-15(14)18-5/h7-9,11-12,16H,6,10H2,1-5H3. The predicted octanol–water partition coefficient (Wildman–Crippen LogP) is 3.05. The molecular weight excluding hydrogens is 226 g/mol. The van der Waals surface area contributed by atoms with Gasteiger partial charge in [-0.25, -0.2) is 0 Å². The second-order valence-corrected chi connectivity index (χ2v) is 4.68. The molecule has 3 nitrogen and oxygen atoms in total. The Morgan fingerprint density at radius 3 is 2.44 bits per heavy atom. The Morgan fingerprint density at radius 2 is 1.89 bits per heavy atom. The van der Waals surface area contributed by atoms with Gasteiger partial charge in [0.1, 0.15) is 11.5 Å². The number of hydrogen-bond acceptors (Lipinski definition) is 3. The third-order valence-corrected chi connectivity index (χ3v) is 3.50. The Balaban J connectivity index is 2.86. The van der Waals surface area contributed by atoms with Crippen molar-refractivity contribution < 1.29 is 9.47 Å². The number of hydrogen-bond donors (Lipinski definition) is 1. The highest BCUT2D eigenvalue weighted by molar-refractivity contribution is 5.42. The molecule has 0 saturated carbocycles. The topological polar surface area (TPSA) is 30.5 Å². The molecule has 102 valence electrons. The van der Waals surface area contributed by atoms with Crippen molar-refractivity contribution in [2.75, 3.05) is 27.3 Å². The molecule has 0 amide bonds. The van der Waals surface area contributed by atoms with Crippen molar-refractivity contribution in [3.63, 3.8) is 0 Å². The quantitative estimate of drug-likeness (QED) is 0.808. The van der Waals surface area contributed by atoms with Gasteiger partial charge in [-0.05, 0) is 36.6 Å². The molecule has 18 heavy (non-hydrogen) atoms. The lowest BCUT2D eigenvalue weighted by molar-refractivity contribution is 0.379. The van der Waals surface area contributed by atoms with Crippen LogP contribution in [0.15, 0.2) is 18.2 Å². The Labute approximate surface area is 110 Å². The molecule has 1 N–H and O–H groups in total. The zero-order valence-corrected chi connectivity index (χ0v) is 12.1. The largest absolute Gasteiger partial charge is 0.497 e. The monoisotopic (exact) mass is 251 g/mol. The highest BCUT2D eigenvalue weighted by Crippen LogP contribution is 2.34. The van der Waals surface area contributed by atoms with Crippen LogP contribution < -0.4 is 14.8 Å². The van der Waals surface area contributed by atoms with Crippen molar-refractivity contribution >= 4 is 0 Å². The molecule has 1 rings (SSSR count). The molecule has 2 unspecified atom stereocenters. The Bertz CT molecular complexity index is 366. The Hall–Kier alpha value is -1.22. The number of nitrogens with one attached hydrogen (secondary N) is 1. The average Bonchev–Trinajstić information content (AvgIpc) is 2.43. The van der Waals surface area contributed by atoms with E-state index in [1.807, 2.05) is 12.1 Å². The Morgan fingerprint density at radius 1 is 1.17 bits per heavy atom. The van der Waals surface area contributed by atoms with Crippen LogP contribution in [-0.2, 0) is 0 Å². The van der Waals surface area contributed by atoms with E-state index < -0.39 is 0 Å². The molecule has 0 aliphatic rings. The summed E-state index contributed by atoms with van der Waals surface area (Å²) in [5, 5.41) is 3.39. The molecule has 3 heteroatoms. The van der Waals surface area contributed by atoms with Crippen molar-refractivity contribution in [1.82, 2.24) is 5.32 Å². The molecule has 0 fully saturated rings. The van der Waals surface area contributed by atoms with Crippen LogP contribution >= 0.6 is 0 Å². The molecule has 0 heterocycles. The molecule has 1 aromatic rings. The summed E-state index contributed by atoms with van der Waals surface area (Å²) in [6.07, 6.45) is 0. The van der Waals surface area contributed by atoms with Gasteiger partial charge in [0.15, 0.2) is 0 Å². The van der Waals surface area contributed by atoms with Gasteiger partial charge in [-0.2, -0.15) is 0 Å². The third kappa shape index (κ3) is 3.64. The molecule has 0 aliphatic heterocycles. The molecule has 1 aromatic carbocycles. The van der Waals surface area contributed by atoms with Crippen molar-refractivity contribution in [3.05, 3.63) is 23.8 Å². The lowest BCUT2D eigenvalue weighted by Crippen LogP contribution is -2.24. The summed E-state index contributed by atoms with van der Waals surface area (Å²) in [6.45, 7) is 8.67. The first-order valence-corrected chi connectivity index (χ1v) is 6.56. The number of methoxy groups -OCH3 is 2. The van der Waals surface area contributed by atoms with E-state index in [2.05, 4.69) is 32.2 Å². The van der Waals surface area contributed by atoms with Crippen molar-refractivity contribution in [1.29, 1.82) is 0 Å². The molecule has 0 aliphatic carbocycles. The number of ether oxygens (including phenoxy) is 2. The smallest absolute Gasteiger partial charge is 0.126 e. The summed E-state index contributed by atoms with van der Waals surface area (Å²) in [5.74, 6) is 2.75. The second-order valence-electron chi connectivity index (χ2n) is 4.68. The van der Waals surface area contributed by atoms with Crippen LogP contribution in [0.3, 0.4) is 0 Å². The zero-order valence-electron chi connectivity index (χ0n) is 12.1. The van der Waals surface area contributed by atoms with Crippen LogP contribution in [0, 0.1) is 5.92 Å². The minimum Gasteiger partial charge on any atom is -0.497 e. The fraction of sp³-hybridized carbons (Fsp3) is 0.600. The van der Waals surface area contributed by atoms with Gasteiger partial charge in [0, 0.05) is 6.07 Å². The van der Waals surface area contributed by atoms with Crippen LogP contribution in [-0.4, -0.2) is 27.3 Å². The molecule has 0 saturated heterocycles. The maximum absolute atomic E-state index is 5.46. The van der Waals surface area contributed by atoms with Crippen molar-refractivity contribution in [2.24, 2.45) is 5.92 Å². The van der Waals surface area contributed by atoms with Crippen LogP contribution in [0.4, 0.5) is 0 Å². The van der Waals surface area contributed by atoms with Crippen LogP contribution in [0.25, 0.3) is 0 Å². The van der Waals surface area contributed by atoms with E-state index in [9.17, 15) is 0 Å². The van der Waals surface area contributed by atoms with Gasteiger partial charge < -0.3 is 14.8 Å². The van der Waals surface area contributed by atoms with Gasteiger partial charge in [-0.1, -0.05) is 26.8 Å². The molecule has 0 radical (unpaired) electrons. The predicted molar refractivity (Wildman–Crippen MR) is 75.7 cm³/mol. The van der Waals surface area contributed by atoms with E-state index in [1.165, 1.54) is 5.56 Å². The third-order valence-electron chi connectivity index (χ3n) is 3.50. The average molecular weight is 251 g/mol. The summed E-state index contributed by atoms with van der Waals surface area (Å²) in [7, 11) is 3.38.